The minimum Gasteiger partial charge on any atom is -0.383 e. The summed E-state index contributed by atoms with van der Waals surface area (Å²) in [6.45, 7) is 1.60. The van der Waals surface area contributed by atoms with E-state index >= 15 is 0 Å². The number of rotatable bonds is 3. The summed E-state index contributed by atoms with van der Waals surface area (Å²) in [5.41, 5.74) is -1.42. The van der Waals surface area contributed by atoms with Gasteiger partial charge in [-0.25, -0.2) is 17.2 Å². The number of hydrogen-bond acceptors (Lipinski definition) is 4. The first-order valence-corrected chi connectivity index (χ1v) is 8.18. The van der Waals surface area contributed by atoms with Crippen LogP contribution in [0.5, 0.6) is 0 Å². The van der Waals surface area contributed by atoms with Crippen molar-refractivity contribution in [2.75, 3.05) is 23.9 Å². The number of carbonyl (C=O) groups excluding carboxylic acids is 1. The SMILES string of the molecule is CNc1c(F)cc(C(=O)NC2(C)CCS(=O)(=O)C2)cc1F. The van der Waals surface area contributed by atoms with Crippen LogP contribution >= 0.6 is 0 Å². The Labute approximate surface area is 121 Å². The highest BCUT2D eigenvalue weighted by atomic mass is 32.2. The molecule has 1 aromatic rings. The third-order valence-electron chi connectivity index (χ3n) is 3.47. The lowest BCUT2D eigenvalue weighted by Gasteiger charge is -2.24. The molecular formula is C13H16F2N2O3S. The van der Waals surface area contributed by atoms with Crippen LogP contribution in [-0.4, -0.2) is 38.4 Å². The van der Waals surface area contributed by atoms with E-state index in [9.17, 15) is 22.0 Å². The van der Waals surface area contributed by atoms with Crippen LogP contribution in [0, 0.1) is 11.6 Å². The van der Waals surface area contributed by atoms with Crippen molar-refractivity contribution < 1.29 is 22.0 Å². The summed E-state index contributed by atoms with van der Waals surface area (Å²) in [6.07, 6.45) is 0.278. The largest absolute Gasteiger partial charge is 0.383 e. The Hall–Kier alpha value is -1.70. The van der Waals surface area contributed by atoms with Gasteiger partial charge in [-0.3, -0.25) is 4.79 Å². The lowest BCUT2D eigenvalue weighted by molar-refractivity contribution is 0.0914. The van der Waals surface area contributed by atoms with Crippen molar-refractivity contribution in [1.29, 1.82) is 0 Å². The van der Waals surface area contributed by atoms with Gasteiger partial charge < -0.3 is 10.6 Å². The first-order valence-electron chi connectivity index (χ1n) is 6.35. The topological polar surface area (TPSA) is 75.3 Å². The summed E-state index contributed by atoms with van der Waals surface area (Å²) in [4.78, 5) is 12.1. The van der Waals surface area contributed by atoms with Crippen molar-refractivity contribution in [2.45, 2.75) is 18.9 Å². The molecule has 0 aliphatic carbocycles. The smallest absolute Gasteiger partial charge is 0.251 e. The second-order valence-corrected chi connectivity index (χ2v) is 7.61. The molecule has 1 aliphatic rings. The monoisotopic (exact) mass is 318 g/mol. The summed E-state index contributed by atoms with van der Waals surface area (Å²) < 4.78 is 50.2. The van der Waals surface area contributed by atoms with Gasteiger partial charge in [0.05, 0.1) is 17.0 Å². The van der Waals surface area contributed by atoms with Gasteiger partial charge in [0.1, 0.15) is 17.3 Å². The number of anilines is 1. The lowest BCUT2D eigenvalue weighted by Crippen LogP contribution is -2.47. The lowest BCUT2D eigenvalue weighted by atomic mass is 10.0. The van der Waals surface area contributed by atoms with Crippen molar-refractivity contribution in [3.8, 4) is 0 Å². The Morgan fingerprint density at radius 1 is 1.29 bits per heavy atom. The molecule has 116 valence electrons. The van der Waals surface area contributed by atoms with Crippen molar-refractivity contribution in [3.63, 3.8) is 0 Å². The zero-order chi connectivity index (χ0) is 15.8. The van der Waals surface area contributed by atoms with Crippen molar-refractivity contribution in [1.82, 2.24) is 5.32 Å². The van der Waals surface area contributed by atoms with Crippen LogP contribution in [-0.2, 0) is 9.84 Å². The van der Waals surface area contributed by atoms with Gasteiger partial charge in [-0.1, -0.05) is 0 Å². The van der Waals surface area contributed by atoms with Crippen molar-refractivity contribution >= 4 is 21.4 Å². The summed E-state index contributed by atoms with van der Waals surface area (Å²) >= 11 is 0. The highest BCUT2D eigenvalue weighted by molar-refractivity contribution is 7.91. The maximum absolute atomic E-state index is 13.6. The number of amides is 1. The summed E-state index contributed by atoms with van der Waals surface area (Å²) in [5.74, 6) is -2.65. The van der Waals surface area contributed by atoms with E-state index in [1.807, 2.05) is 0 Å². The van der Waals surface area contributed by atoms with Gasteiger partial charge in [0.15, 0.2) is 9.84 Å². The molecule has 1 heterocycles. The molecule has 0 radical (unpaired) electrons. The van der Waals surface area contributed by atoms with E-state index in [-0.39, 0.29) is 29.2 Å². The van der Waals surface area contributed by atoms with Crippen LogP contribution in [0.15, 0.2) is 12.1 Å². The predicted octanol–water partition coefficient (Wildman–Crippen LogP) is 1.31. The van der Waals surface area contributed by atoms with Crippen LogP contribution in [0.25, 0.3) is 0 Å². The average molecular weight is 318 g/mol. The Bertz CT molecular complexity index is 668. The highest BCUT2D eigenvalue weighted by Gasteiger charge is 2.39. The Kier molecular flexibility index (Phi) is 3.92. The molecule has 1 aliphatic heterocycles. The maximum Gasteiger partial charge on any atom is 0.251 e. The van der Waals surface area contributed by atoms with E-state index < -0.39 is 32.9 Å². The fraction of sp³-hybridized carbons (Fsp3) is 0.462. The molecule has 1 aromatic carbocycles. The zero-order valence-electron chi connectivity index (χ0n) is 11.7. The van der Waals surface area contributed by atoms with Crippen LogP contribution < -0.4 is 10.6 Å². The number of benzene rings is 1. The third-order valence-corrected chi connectivity index (χ3v) is 5.38. The minimum atomic E-state index is -3.18. The van der Waals surface area contributed by atoms with E-state index in [0.717, 1.165) is 12.1 Å². The van der Waals surface area contributed by atoms with Crippen molar-refractivity contribution in [3.05, 3.63) is 29.3 Å². The van der Waals surface area contributed by atoms with E-state index in [0.29, 0.717) is 0 Å². The van der Waals surface area contributed by atoms with E-state index in [1.165, 1.54) is 7.05 Å². The molecule has 2 rings (SSSR count). The zero-order valence-corrected chi connectivity index (χ0v) is 12.5. The number of sulfone groups is 1. The second-order valence-electron chi connectivity index (χ2n) is 5.42. The molecule has 5 nitrogen and oxygen atoms in total. The van der Waals surface area contributed by atoms with E-state index in [2.05, 4.69) is 10.6 Å². The van der Waals surface area contributed by atoms with Crippen LogP contribution in [0.2, 0.25) is 0 Å². The standard InChI is InChI=1S/C13H16F2N2O3S/c1-13(3-4-21(19,20)7-13)17-12(18)8-5-9(14)11(16-2)10(15)6-8/h5-6,16H,3-4,7H2,1-2H3,(H,17,18). The Morgan fingerprint density at radius 2 is 1.86 bits per heavy atom. The first kappa shape index (κ1) is 15.7. The van der Waals surface area contributed by atoms with Gasteiger partial charge in [0.2, 0.25) is 0 Å². The van der Waals surface area contributed by atoms with Gasteiger partial charge in [-0.2, -0.15) is 0 Å². The van der Waals surface area contributed by atoms with Gasteiger partial charge in [-0.05, 0) is 25.5 Å². The normalized spacial score (nSPS) is 23.8. The molecule has 8 heteroatoms. The van der Waals surface area contributed by atoms with E-state index in [1.54, 1.807) is 6.92 Å². The summed E-state index contributed by atoms with van der Waals surface area (Å²) in [6, 6.07) is 1.83. The molecule has 2 N–H and O–H groups in total. The summed E-state index contributed by atoms with van der Waals surface area (Å²) in [7, 11) is -1.81. The van der Waals surface area contributed by atoms with E-state index in [4.69, 9.17) is 0 Å². The number of halogens is 2. The fourth-order valence-corrected chi connectivity index (χ4v) is 4.49. The number of hydrogen-bond donors (Lipinski definition) is 2. The van der Waals surface area contributed by atoms with Gasteiger partial charge in [0.25, 0.3) is 5.91 Å². The fourth-order valence-electron chi connectivity index (χ4n) is 2.40. The molecule has 0 bridgehead atoms. The first-order chi connectivity index (χ1) is 9.66. The predicted molar refractivity (Wildman–Crippen MR) is 75.0 cm³/mol. The molecular weight excluding hydrogens is 302 g/mol. The van der Waals surface area contributed by atoms with Gasteiger partial charge in [-0.15, -0.1) is 0 Å². The molecule has 1 amide bonds. The molecule has 21 heavy (non-hydrogen) atoms. The Morgan fingerprint density at radius 3 is 2.29 bits per heavy atom. The molecule has 1 fully saturated rings. The number of carbonyl (C=O) groups is 1. The molecule has 1 saturated heterocycles. The Balaban J connectivity index is 2.22. The molecule has 0 aromatic heterocycles. The summed E-state index contributed by atoms with van der Waals surface area (Å²) in [5, 5.41) is 4.91. The second kappa shape index (κ2) is 5.25. The van der Waals surface area contributed by atoms with Crippen LogP contribution in [0.4, 0.5) is 14.5 Å². The third kappa shape index (κ3) is 3.31. The van der Waals surface area contributed by atoms with Gasteiger partial charge in [0, 0.05) is 12.6 Å². The minimum absolute atomic E-state index is 0.00874. The quantitative estimate of drug-likeness (QED) is 0.881. The highest BCUT2D eigenvalue weighted by Crippen LogP contribution is 2.24. The molecule has 1 unspecified atom stereocenters. The molecule has 0 spiro atoms. The van der Waals surface area contributed by atoms with Crippen LogP contribution in [0.1, 0.15) is 23.7 Å². The average Bonchev–Trinajstić information content (AvgIpc) is 2.62. The molecule has 0 saturated carbocycles. The number of nitrogens with one attached hydrogen (secondary N) is 2. The van der Waals surface area contributed by atoms with Gasteiger partial charge >= 0.3 is 0 Å². The maximum atomic E-state index is 13.6. The molecule has 1 atom stereocenters. The van der Waals surface area contributed by atoms with Crippen molar-refractivity contribution in [2.24, 2.45) is 0 Å². The van der Waals surface area contributed by atoms with Crippen LogP contribution in [0.3, 0.4) is 0 Å².